The second kappa shape index (κ2) is 9.75. The molecule has 0 aliphatic rings. The number of hydrogen-bond acceptors (Lipinski definition) is 7. The molecule has 152 valence electrons. The van der Waals surface area contributed by atoms with E-state index in [1.165, 1.54) is 31.6 Å². The molecule has 0 spiro atoms. The summed E-state index contributed by atoms with van der Waals surface area (Å²) in [5.41, 5.74) is 1.46. The molecule has 1 aromatic heterocycles. The molecule has 1 aromatic carbocycles. The van der Waals surface area contributed by atoms with Gasteiger partial charge in [0.2, 0.25) is 0 Å². The molecule has 7 nitrogen and oxygen atoms in total. The second-order valence-electron chi connectivity index (χ2n) is 5.94. The van der Waals surface area contributed by atoms with Gasteiger partial charge in [0.1, 0.15) is 28.1 Å². The van der Waals surface area contributed by atoms with Gasteiger partial charge in [-0.25, -0.2) is 4.79 Å². The Kier molecular flexibility index (Phi) is 7.39. The van der Waals surface area contributed by atoms with Crippen molar-refractivity contribution in [2.45, 2.75) is 20.8 Å². The maximum atomic E-state index is 12.7. The van der Waals surface area contributed by atoms with Crippen LogP contribution in [0, 0.1) is 25.2 Å². The largest absolute Gasteiger partial charge is 0.497 e. The van der Waals surface area contributed by atoms with E-state index in [2.05, 4.69) is 5.32 Å². The van der Waals surface area contributed by atoms with Crippen LogP contribution < -0.4 is 14.8 Å². The zero-order chi connectivity index (χ0) is 21.6. The monoisotopic (exact) mass is 414 g/mol. The molecule has 0 fully saturated rings. The molecule has 0 saturated carbocycles. The van der Waals surface area contributed by atoms with Gasteiger partial charge in [-0.3, -0.25) is 4.79 Å². The molecule has 1 N–H and O–H groups in total. The van der Waals surface area contributed by atoms with Crippen LogP contribution in [0.5, 0.6) is 11.5 Å². The number of benzene rings is 1. The number of carbonyl (C=O) groups is 2. The third-order valence-electron chi connectivity index (χ3n) is 4.20. The van der Waals surface area contributed by atoms with E-state index in [4.69, 9.17) is 14.2 Å². The molecule has 0 aliphatic carbocycles. The number of rotatable bonds is 7. The number of nitrogens with zero attached hydrogens (tertiary/aromatic N) is 1. The Labute approximate surface area is 173 Å². The quantitative estimate of drug-likeness (QED) is 0.416. The zero-order valence-electron chi connectivity index (χ0n) is 16.9. The second-order valence-corrected chi connectivity index (χ2v) is 7.16. The van der Waals surface area contributed by atoms with Crippen LogP contribution >= 0.6 is 11.3 Å². The number of nitrogens with one attached hydrogen (secondary N) is 1. The average molecular weight is 414 g/mol. The molecule has 0 saturated heterocycles. The fourth-order valence-electron chi connectivity index (χ4n) is 2.58. The van der Waals surface area contributed by atoms with Crippen LogP contribution in [0.3, 0.4) is 0 Å². The molecular weight excluding hydrogens is 392 g/mol. The van der Waals surface area contributed by atoms with Gasteiger partial charge in [0, 0.05) is 16.5 Å². The molecule has 2 rings (SSSR count). The summed E-state index contributed by atoms with van der Waals surface area (Å²) in [6.07, 6.45) is 1.42. The van der Waals surface area contributed by atoms with E-state index in [9.17, 15) is 14.9 Å². The molecule has 0 bridgehead atoms. The van der Waals surface area contributed by atoms with Crippen molar-refractivity contribution in [1.82, 2.24) is 0 Å². The Balaban J connectivity index is 2.37. The average Bonchev–Trinajstić information content (AvgIpc) is 2.99. The summed E-state index contributed by atoms with van der Waals surface area (Å²) >= 11 is 1.26. The molecule has 0 atom stereocenters. The molecule has 2 aromatic rings. The zero-order valence-corrected chi connectivity index (χ0v) is 17.7. The summed E-state index contributed by atoms with van der Waals surface area (Å²) < 4.78 is 15.5. The first-order valence-electron chi connectivity index (χ1n) is 8.78. The van der Waals surface area contributed by atoms with Crippen LogP contribution in [-0.4, -0.2) is 32.7 Å². The van der Waals surface area contributed by atoms with Gasteiger partial charge in [0.05, 0.1) is 26.4 Å². The van der Waals surface area contributed by atoms with E-state index in [0.717, 1.165) is 10.4 Å². The molecule has 0 radical (unpaired) electrons. The lowest BCUT2D eigenvalue weighted by molar-refractivity contribution is -0.112. The predicted octanol–water partition coefficient (Wildman–Crippen LogP) is 4.10. The van der Waals surface area contributed by atoms with Gasteiger partial charge in [-0.05, 0) is 44.5 Å². The summed E-state index contributed by atoms with van der Waals surface area (Å²) in [4.78, 5) is 25.9. The molecule has 8 heteroatoms. The molecule has 0 unspecified atom stereocenters. The standard InChI is InChI=1S/C21H22N2O5S/c1-6-28-21(25)18-12(2)13(3)29-20(18)23-19(24)15(11-22)9-14-7-8-16(26-4)10-17(14)27-5/h7-10H,6H2,1-5H3,(H,23,24)/b15-9+. The minimum atomic E-state index is -0.628. The Morgan fingerprint density at radius 2 is 1.97 bits per heavy atom. The van der Waals surface area contributed by atoms with Crippen molar-refractivity contribution in [2.75, 3.05) is 26.1 Å². The molecule has 1 amide bonds. The van der Waals surface area contributed by atoms with Gasteiger partial charge >= 0.3 is 5.97 Å². The van der Waals surface area contributed by atoms with Crippen molar-refractivity contribution in [3.8, 4) is 17.6 Å². The maximum Gasteiger partial charge on any atom is 0.341 e. The number of hydrogen-bond donors (Lipinski definition) is 1. The van der Waals surface area contributed by atoms with E-state index in [-0.39, 0.29) is 12.2 Å². The van der Waals surface area contributed by atoms with Gasteiger partial charge in [-0.2, -0.15) is 5.26 Å². The number of esters is 1. The fraction of sp³-hybridized carbons (Fsp3) is 0.286. The van der Waals surface area contributed by atoms with E-state index in [1.807, 2.05) is 13.0 Å². The maximum absolute atomic E-state index is 12.7. The Morgan fingerprint density at radius 3 is 2.55 bits per heavy atom. The summed E-state index contributed by atoms with van der Waals surface area (Å²) in [5.74, 6) is -0.0911. The first-order valence-corrected chi connectivity index (χ1v) is 9.60. The highest BCUT2D eigenvalue weighted by Crippen LogP contribution is 2.33. The van der Waals surface area contributed by atoms with E-state index in [0.29, 0.717) is 27.6 Å². The van der Waals surface area contributed by atoms with E-state index < -0.39 is 11.9 Å². The normalized spacial score (nSPS) is 10.8. The topological polar surface area (TPSA) is 97.7 Å². The lowest BCUT2D eigenvalue weighted by Gasteiger charge is -2.09. The number of aryl methyl sites for hydroxylation is 1. The third-order valence-corrected chi connectivity index (χ3v) is 5.32. The minimum absolute atomic E-state index is 0.132. The molecule has 29 heavy (non-hydrogen) atoms. The van der Waals surface area contributed by atoms with Crippen molar-refractivity contribution in [3.05, 3.63) is 45.3 Å². The highest BCUT2D eigenvalue weighted by molar-refractivity contribution is 7.16. The van der Waals surface area contributed by atoms with Crippen molar-refractivity contribution < 1.29 is 23.8 Å². The van der Waals surface area contributed by atoms with Gasteiger partial charge < -0.3 is 19.5 Å². The van der Waals surface area contributed by atoms with Crippen LogP contribution in [0.15, 0.2) is 23.8 Å². The van der Waals surface area contributed by atoms with Gasteiger partial charge in [0.15, 0.2) is 0 Å². The first kappa shape index (κ1) is 22.0. The summed E-state index contributed by atoms with van der Waals surface area (Å²) in [6, 6.07) is 6.94. The lowest BCUT2D eigenvalue weighted by atomic mass is 10.1. The van der Waals surface area contributed by atoms with Gasteiger partial charge in [0.25, 0.3) is 5.91 Å². The lowest BCUT2D eigenvalue weighted by Crippen LogP contribution is -2.16. The van der Waals surface area contributed by atoms with E-state index in [1.54, 1.807) is 32.0 Å². The van der Waals surface area contributed by atoms with Crippen LogP contribution in [0.1, 0.15) is 33.3 Å². The first-order chi connectivity index (χ1) is 13.9. The van der Waals surface area contributed by atoms with Crippen LogP contribution in [0.25, 0.3) is 6.08 Å². The molecule has 0 aliphatic heterocycles. The van der Waals surface area contributed by atoms with Crippen LogP contribution in [0.2, 0.25) is 0 Å². The summed E-state index contributed by atoms with van der Waals surface area (Å²) in [5, 5.41) is 12.5. The van der Waals surface area contributed by atoms with Crippen molar-refractivity contribution >= 4 is 34.3 Å². The number of methoxy groups -OCH3 is 2. The number of anilines is 1. The van der Waals surface area contributed by atoms with Crippen LogP contribution in [0.4, 0.5) is 5.00 Å². The molecule has 1 heterocycles. The van der Waals surface area contributed by atoms with E-state index >= 15 is 0 Å². The fourth-order valence-corrected chi connectivity index (χ4v) is 3.62. The predicted molar refractivity (Wildman–Crippen MR) is 112 cm³/mol. The highest BCUT2D eigenvalue weighted by atomic mass is 32.1. The van der Waals surface area contributed by atoms with Crippen molar-refractivity contribution in [3.63, 3.8) is 0 Å². The Morgan fingerprint density at radius 1 is 1.24 bits per heavy atom. The number of ether oxygens (including phenoxy) is 3. The smallest absolute Gasteiger partial charge is 0.341 e. The highest BCUT2D eigenvalue weighted by Gasteiger charge is 2.23. The van der Waals surface area contributed by atoms with Crippen LogP contribution in [-0.2, 0) is 9.53 Å². The van der Waals surface area contributed by atoms with Gasteiger partial charge in [-0.1, -0.05) is 0 Å². The third kappa shape index (κ3) is 4.95. The number of amides is 1. The minimum Gasteiger partial charge on any atom is -0.497 e. The van der Waals surface area contributed by atoms with Crippen molar-refractivity contribution in [1.29, 1.82) is 5.26 Å². The number of thiophene rings is 1. The summed E-state index contributed by atoms with van der Waals surface area (Å²) in [7, 11) is 3.02. The Bertz CT molecular complexity index is 1000. The van der Waals surface area contributed by atoms with Crippen molar-refractivity contribution in [2.24, 2.45) is 0 Å². The number of nitriles is 1. The Hall–Kier alpha value is -3.31. The molecular formula is C21H22N2O5S. The van der Waals surface area contributed by atoms with Gasteiger partial charge in [-0.15, -0.1) is 11.3 Å². The number of carbonyl (C=O) groups excluding carboxylic acids is 2. The summed E-state index contributed by atoms with van der Waals surface area (Å²) in [6.45, 7) is 5.57. The SMILES string of the molecule is CCOC(=O)c1c(NC(=O)/C(C#N)=C/c2ccc(OC)cc2OC)sc(C)c1C.